The van der Waals surface area contributed by atoms with Crippen molar-refractivity contribution in [2.45, 2.75) is 13.1 Å². The minimum atomic E-state index is -0.548. The molecule has 0 unspecified atom stereocenters. The predicted octanol–water partition coefficient (Wildman–Crippen LogP) is 3.33. The molecule has 1 aliphatic rings. The van der Waals surface area contributed by atoms with Crippen LogP contribution in [-0.2, 0) is 13.1 Å². The summed E-state index contributed by atoms with van der Waals surface area (Å²) in [6, 6.07) is 9.65. The third-order valence-corrected chi connectivity index (χ3v) is 3.51. The Bertz CT molecular complexity index is 688. The van der Waals surface area contributed by atoms with Gasteiger partial charge >= 0.3 is 0 Å². The van der Waals surface area contributed by atoms with E-state index in [9.17, 15) is 9.18 Å². The number of carbonyl (C=O) groups is 1. The zero-order chi connectivity index (χ0) is 14.1. The lowest BCUT2D eigenvalue weighted by molar-refractivity contribution is 0.102. The summed E-state index contributed by atoms with van der Waals surface area (Å²) < 4.78 is 13.6. The van der Waals surface area contributed by atoms with Gasteiger partial charge in [-0.05, 0) is 41.5 Å². The van der Waals surface area contributed by atoms with Gasteiger partial charge in [0.25, 0.3) is 5.91 Å². The summed E-state index contributed by atoms with van der Waals surface area (Å²) in [6.45, 7) is 1.58. The molecule has 0 spiro atoms. The van der Waals surface area contributed by atoms with E-state index in [0.717, 1.165) is 18.7 Å². The van der Waals surface area contributed by atoms with E-state index >= 15 is 0 Å². The molecule has 1 heterocycles. The highest BCUT2D eigenvalue weighted by Gasteiger charge is 2.14. The predicted molar refractivity (Wildman–Crippen MR) is 76.3 cm³/mol. The molecule has 2 N–H and O–H groups in total. The molecule has 0 radical (unpaired) electrons. The molecule has 102 valence electrons. The lowest BCUT2D eigenvalue weighted by Gasteiger charge is -2.08. The van der Waals surface area contributed by atoms with Gasteiger partial charge in [-0.3, -0.25) is 4.79 Å². The Kier molecular flexibility index (Phi) is 3.42. The van der Waals surface area contributed by atoms with Crippen molar-refractivity contribution < 1.29 is 9.18 Å². The van der Waals surface area contributed by atoms with E-state index in [1.165, 1.54) is 23.8 Å². The van der Waals surface area contributed by atoms with Crippen LogP contribution in [0.15, 0.2) is 36.4 Å². The summed E-state index contributed by atoms with van der Waals surface area (Å²) in [5, 5.41) is 6.06. The second-order valence-electron chi connectivity index (χ2n) is 4.67. The van der Waals surface area contributed by atoms with Crippen LogP contribution in [0.3, 0.4) is 0 Å². The smallest absolute Gasteiger partial charge is 0.255 e. The van der Waals surface area contributed by atoms with Gasteiger partial charge in [0, 0.05) is 23.7 Å². The zero-order valence-electron chi connectivity index (χ0n) is 10.5. The van der Waals surface area contributed by atoms with Crippen molar-refractivity contribution in [3.63, 3.8) is 0 Å². The minimum absolute atomic E-state index is 0.123. The van der Waals surface area contributed by atoms with Gasteiger partial charge in [-0.1, -0.05) is 17.7 Å². The zero-order valence-corrected chi connectivity index (χ0v) is 11.3. The van der Waals surface area contributed by atoms with Crippen LogP contribution in [0.1, 0.15) is 21.5 Å². The molecule has 0 bridgehead atoms. The molecule has 0 saturated carbocycles. The highest BCUT2D eigenvalue weighted by molar-refractivity contribution is 6.30. The molecule has 1 aliphatic heterocycles. The number of benzene rings is 2. The van der Waals surface area contributed by atoms with Crippen LogP contribution in [0, 0.1) is 5.82 Å². The average molecular weight is 291 g/mol. The summed E-state index contributed by atoms with van der Waals surface area (Å²) in [7, 11) is 0. The van der Waals surface area contributed by atoms with Crippen LogP contribution in [0.4, 0.5) is 10.1 Å². The van der Waals surface area contributed by atoms with Gasteiger partial charge in [0.1, 0.15) is 5.82 Å². The SMILES string of the molecule is O=C(Nc1ccc(Cl)cc1F)c1ccc2c(c1)CNC2. The lowest BCUT2D eigenvalue weighted by Crippen LogP contribution is -2.13. The molecule has 5 heteroatoms. The van der Waals surface area contributed by atoms with Crippen LogP contribution >= 0.6 is 11.6 Å². The maximum atomic E-state index is 13.6. The molecule has 0 atom stereocenters. The quantitative estimate of drug-likeness (QED) is 0.891. The molecule has 0 aliphatic carbocycles. The van der Waals surface area contributed by atoms with E-state index < -0.39 is 5.82 Å². The van der Waals surface area contributed by atoms with Crippen LogP contribution < -0.4 is 10.6 Å². The number of anilines is 1. The fourth-order valence-corrected chi connectivity index (χ4v) is 2.38. The summed E-state index contributed by atoms with van der Waals surface area (Å²) in [6.07, 6.45) is 0. The van der Waals surface area contributed by atoms with Crippen molar-refractivity contribution in [3.8, 4) is 0 Å². The molecule has 3 nitrogen and oxygen atoms in total. The highest BCUT2D eigenvalue weighted by atomic mass is 35.5. The molecule has 20 heavy (non-hydrogen) atoms. The lowest BCUT2D eigenvalue weighted by atomic mass is 10.1. The fourth-order valence-electron chi connectivity index (χ4n) is 2.22. The van der Waals surface area contributed by atoms with Crippen molar-refractivity contribution in [2.24, 2.45) is 0 Å². The number of halogens is 2. The van der Waals surface area contributed by atoms with Crippen LogP contribution in [0.5, 0.6) is 0 Å². The molecule has 2 aromatic carbocycles. The standard InChI is InChI=1S/C15H12ClFN2O/c16-12-3-4-14(13(17)6-12)19-15(20)9-1-2-10-7-18-8-11(10)5-9/h1-6,18H,7-8H2,(H,19,20). The van der Waals surface area contributed by atoms with E-state index in [1.54, 1.807) is 6.07 Å². The van der Waals surface area contributed by atoms with Crippen molar-refractivity contribution in [2.75, 3.05) is 5.32 Å². The molecular weight excluding hydrogens is 279 g/mol. The second-order valence-corrected chi connectivity index (χ2v) is 5.10. The minimum Gasteiger partial charge on any atom is -0.319 e. The first-order valence-corrected chi connectivity index (χ1v) is 6.60. The van der Waals surface area contributed by atoms with E-state index in [2.05, 4.69) is 10.6 Å². The molecule has 1 amide bonds. The number of hydrogen-bond donors (Lipinski definition) is 2. The maximum Gasteiger partial charge on any atom is 0.255 e. The Hall–Kier alpha value is -1.91. The number of fused-ring (bicyclic) bond motifs is 1. The Morgan fingerprint density at radius 3 is 2.75 bits per heavy atom. The third kappa shape index (κ3) is 2.53. The first-order chi connectivity index (χ1) is 9.63. The van der Waals surface area contributed by atoms with Crippen LogP contribution in [0.25, 0.3) is 0 Å². The highest BCUT2D eigenvalue weighted by Crippen LogP contribution is 2.21. The largest absolute Gasteiger partial charge is 0.319 e. The van der Waals surface area contributed by atoms with Crippen molar-refractivity contribution in [1.82, 2.24) is 5.32 Å². The monoisotopic (exact) mass is 290 g/mol. The van der Waals surface area contributed by atoms with Gasteiger partial charge in [-0.15, -0.1) is 0 Å². The molecule has 2 aromatic rings. The van der Waals surface area contributed by atoms with Gasteiger partial charge in [-0.25, -0.2) is 4.39 Å². The number of rotatable bonds is 2. The molecule has 0 saturated heterocycles. The van der Waals surface area contributed by atoms with Crippen molar-refractivity contribution >= 4 is 23.2 Å². The molecular formula is C15H12ClFN2O. The number of amides is 1. The topological polar surface area (TPSA) is 41.1 Å². The maximum absolute atomic E-state index is 13.6. The van der Waals surface area contributed by atoms with Gasteiger partial charge < -0.3 is 10.6 Å². The Morgan fingerprint density at radius 1 is 1.15 bits per heavy atom. The summed E-state index contributed by atoms with van der Waals surface area (Å²) >= 11 is 5.67. The summed E-state index contributed by atoms with van der Waals surface area (Å²) in [5.74, 6) is -0.880. The van der Waals surface area contributed by atoms with Gasteiger partial charge in [-0.2, -0.15) is 0 Å². The summed E-state index contributed by atoms with van der Waals surface area (Å²) in [4.78, 5) is 12.1. The van der Waals surface area contributed by atoms with Gasteiger partial charge in [0.05, 0.1) is 5.69 Å². The number of nitrogens with one attached hydrogen (secondary N) is 2. The number of hydrogen-bond acceptors (Lipinski definition) is 2. The van der Waals surface area contributed by atoms with E-state index in [0.29, 0.717) is 10.6 Å². The normalized spacial score (nSPS) is 13.1. The Labute approximate surface area is 120 Å². The van der Waals surface area contributed by atoms with Crippen LogP contribution in [-0.4, -0.2) is 5.91 Å². The molecule has 0 fully saturated rings. The fraction of sp³-hybridized carbons (Fsp3) is 0.133. The van der Waals surface area contributed by atoms with Crippen molar-refractivity contribution in [1.29, 1.82) is 0 Å². The third-order valence-electron chi connectivity index (χ3n) is 3.28. The molecule has 0 aromatic heterocycles. The van der Waals surface area contributed by atoms with Crippen molar-refractivity contribution in [3.05, 3.63) is 63.9 Å². The van der Waals surface area contributed by atoms with E-state index in [-0.39, 0.29) is 11.6 Å². The number of carbonyl (C=O) groups excluding carboxylic acids is 1. The average Bonchev–Trinajstić information content (AvgIpc) is 2.89. The Balaban J connectivity index is 1.82. The van der Waals surface area contributed by atoms with Gasteiger partial charge in [0.2, 0.25) is 0 Å². The first kappa shape index (κ1) is 13.1. The second kappa shape index (κ2) is 5.23. The Morgan fingerprint density at radius 2 is 1.95 bits per heavy atom. The molecule has 3 rings (SSSR count). The van der Waals surface area contributed by atoms with E-state index in [4.69, 9.17) is 11.6 Å². The van der Waals surface area contributed by atoms with E-state index in [1.807, 2.05) is 12.1 Å². The van der Waals surface area contributed by atoms with Crippen LogP contribution in [0.2, 0.25) is 5.02 Å². The van der Waals surface area contributed by atoms with Gasteiger partial charge in [0.15, 0.2) is 0 Å². The summed E-state index contributed by atoms with van der Waals surface area (Å²) in [5.41, 5.74) is 2.94. The first-order valence-electron chi connectivity index (χ1n) is 6.22.